The van der Waals surface area contributed by atoms with Gasteiger partial charge in [-0.2, -0.15) is 15.0 Å². The number of hydrogen-bond acceptors (Lipinski definition) is 7. The molecule has 2 aromatic heterocycles. The number of aromatic nitrogens is 4. The Labute approximate surface area is 117 Å². The van der Waals surface area contributed by atoms with Gasteiger partial charge < -0.3 is 15.8 Å². The van der Waals surface area contributed by atoms with Crippen molar-refractivity contribution in [1.29, 1.82) is 0 Å². The smallest absolute Gasteiger partial charge is 0.228 e. The number of nitrogens with one attached hydrogen (secondary N) is 1. The van der Waals surface area contributed by atoms with Crippen molar-refractivity contribution in [3.8, 4) is 5.75 Å². The second kappa shape index (κ2) is 6.65. The Morgan fingerprint density at radius 3 is 2.65 bits per heavy atom. The SMILES string of the molecule is CCC(COc1ccncc1)Nc1nc(C)nc(N)n1. The topological polar surface area (TPSA) is 98.8 Å². The van der Waals surface area contributed by atoms with Gasteiger partial charge in [0.05, 0.1) is 6.04 Å². The zero-order chi connectivity index (χ0) is 14.4. The van der Waals surface area contributed by atoms with Gasteiger partial charge in [-0.05, 0) is 25.5 Å². The average molecular weight is 274 g/mol. The summed E-state index contributed by atoms with van der Waals surface area (Å²) in [5.41, 5.74) is 5.60. The van der Waals surface area contributed by atoms with Crippen LogP contribution < -0.4 is 15.8 Å². The molecule has 0 spiro atoms. The Morgan fingerprint density at radius 2 is 2.00 bits per heavy atom. The number of anilines is 2. The lowest BCUT2D eigenvalue weighted by molar-refractivity contribution is 0.293. The third kappa shape index (κ3) is 4.04. The van der Waals surface area contributed by atoms with E-state index in [0.29, 0.717) is 18.4 Å². The highest BCUT2D eigenvalue weighted by Gasteiger charge is 2.10. The first-order valence-corrected chi connectivity index (χ1v) is 6.45. The highest BCUT2D eigenvalue weighted by molar-refractivity contribution is 5.32. The van der Waals surface area contributed by atoms with Crippen LogP contribution in [0.25, 0.3) is 0 Å². The zero-order valence-corrected chi connectivity index (χ0v) is 11.6. The van der Waals surface area contributed by atoms with E-state index in [1.807, 2.05) is 12.1 Å². The summed E-state index contributed by atoms with van der Waals surface area (Å²) in [6, 6.07) is 3.72. The van der Waals surface area contributed by atoms with Gasteiger partial charge in [-0.15, -0.1) is 0 Å². The third-order valence-electron chi connectivity index (χ3n) is 2.69. The second-order valence-corrected chi connectivity index (χ2v) is 4.31. The van der Waals surface area contributed by atoms with Crippen molar-refractivity contribution in [2.45, 2.75) is 26.3 Å². The molecule has 0 aromatic carbocycles. The van der Waals surface area contributed by atoms with Crippen LogP contribution >= 0.6 is 0 Å². The summed E-state index contributed by atoms with van der Waals surface area (Å²) >= 11 is 0. The number of rotatable bonds is 6. The lowest BCUT2D eigenvalue weighted by Crippen LogP contribution is -2.27. The molecular weight excluding hydrogens is 256 g/mol. The Kier molecular flexibility index (Phi) is 4.65. The lowest BCUT2D eigenvalue weighted by Gasteiger charge is -2.17. The van der Waals surface area contributed by atoms with Gasteiger partial charge in [-0.3, -0.25) is 4.98 Å². The minimum Gasteiger partial charge on any atom is -0.491 e. The van der Waals surface area contributed by atoms with Crippen molar-refractivity contribution >= 4 is 11.9 Å². The number of nitrogen functional groups attached to an aromatic ring is 1. The normalized spacial score (nSPS) is 11.9. The van der Waals surface area contributed by atoms with E-state index in [1.165, 1.54) is 0 Å². The molecule has 7 heteroatoms. The van der Waals surface area contributed by atoms with Crippen molar-refractivity contribution in [1.82, 2.24) is 19.9 Å². The molecule has 0 bridgehead atoms. The van der Waals surface area contributed by atoms with Crippen LogP contribution in [0.5, 0.6) is 5.75 Å². The first-order chi connectivity index (χ1) is 9.67. The summed E-state index contributed by atoms with van der Waals surface area (Å²) in [7, 11) is 0. The van der Waals surface area contributed by atoms with E-state index in [4.69, 9.17) is 10.5 Å². The van der Waals surface area contributed by atoms with Gasteiger partial charge in [-0.1, -0.05) is 6.92 Å². The number of hydrogen-bond donors (Lipinski definition) is 2. The second-order valence-electron chi connectivity index (χ2n) is 4.31. The van der Waals surface area contributed by atoms with Crippen molar-refractivity contribution in [3.05, 3.63) is 30.4 Å². The molecule has 20 heavy (non-hydrogen) atoms. The largest absolute Gasteiger partial charge is 0.491 e. The Balaban J connectivity index is 1.95. The molecule has 3 N–H and O–H groups in total. The minimum absolute atomic E-state index is 0.0874. The minimum atomic E-state index is 0.0874. The predicted octanol–water partition coefficient (Wildman–Crippen LogP) is 1.43. The molecule has 2 aromatic rings. The quantitative estimate of drug-likeness (QED) is 0.822. The van der Waals surface area contributed by atoms with E-state index >= 15 is 0 Å². The van der Waals surface area contributed by atoms with E-state index in [1.54, 1.807) is 19.3 Å². The summed E-state index contributed by atoms with van der Waals surface area (Å²) in [6.45, 7) is 4.34. The maximum absolute atomic E-state index is 5.69. The number of nitrogens with zero attached hydrogens (tertiary/aromatic N) is 4. The van der Waals surface area contributed by atoms with Gasteiger partial charge in [-0.25, -0.2) is 0 Å². The van der Waals surface area contributed by atoms with E-state index in [2.05, 4.69) is 32.2 Å². The summed E-state index contributed by atoms with van der Waals surface area (Å²) in [6.07, 6.45) is 4.26. The maximum atomic E-state index is 5.69. The van der Waals surface area contributed by atoms with Gasteiger partial charge in [0.2, 0.25) is 11.9 Å². The van der Waals surface area contributed by atoms with Gasteiger partial charge in [0.25, 0.3) is 0 Å². The highest BCUT2D eigenvalue weighted by atomic mass is 16.5. The van der Waals surface area contributed by atoms with E-state index < -0.39 is 0 Å². The molecule has 2 heterocycles. The molecule has 0 saturated heterocycles. The van der Waals surface area contributed by atoms with Crippen molar-refractivity contribution < 1.29 is 4.74 Å². The fourth-order valence-corrected chi connectivity index (χ4v) is 1.64. The summed E-state index contributed by atoms with van der Waals surface area (Å²) in [5, 5.41) is 3.20. The van der Waals surface area contributed by atoms with Gasteiger partial charge in [0, 0.05) is 12.4 Å². The van der Waals surface area contributed by atoms with Crippen LogP contribution in [0, 0.1) is 6.92 Å². The number of aryl methyl sites for hydroxylation is 1. The van der Waals surface area contributed by atoms with Crippen molar-refractivity contribution in [2.75, 3.05) is 17.7 Å². The first-order valence-electron chi connectivity index (χ1n) is 6.45. The molecule has 0 aliphatic carbocycles. The van der Waals surface area contributed by atoms with Crippen molar-refractivity contribution in [2.24, 2.45) is 0 Å². The molecule has 0 saturated carbocycles. The van der Waals surface area contributed by atoms with Gasteiger partial charge in [0.15, 0.2) is 0 Å². The van der Waals surface area contributed by atoms with E-state index in [9.17, 15) is 0 Å². The van der Waals surface area contributed by atoms with E-state index in [0.717, 1.165) is 12.2 Å². The third-order valence-corrected chi connectivity index (χ3v) is 2.69. The molecule has 0 amide bonds. The summed E-state index contributed by atoms with van der Waals surface area (Å²) in [4.78, 5) is 16.1. The Hall–Kier alpha value is -2.44. The van der Waals surface area contributed by atoms with Crippen LogP contribution in [0.3, 0.4) is 0 Å². The van der Waals surface area contributed by atoms with Crippen LogP contribution in [0.1, 0.15) is 19.2 Å². The monoisotopic (exact) mass is 274 g/mol. The van der Waals surface area contributed by atoms with Crippen LogP contribution in [0.15, 0.2) is 24.5 Å². The molecule has 0 fully saturated rings. The lowest BCUT2D eigenvalue weighted by atomic mass is 10.2. The molecule has 0 aliphatic heterocycles. The molecule has 106 valence electrons. The molecule has 1 atom stereocenters. The number of pyridine rings is 1. The number of ether oxygens (including phenoxy) is 1. The highest BCUT2D eigenvalue weighted by Crippen LogP contribution is 2.10. The summed E-state index contributed by atoms with van der Waals surface area (Å²) in [5.74, 6) is 2.06. The summed E-state index contributed by atoms with van der Waals surface area (Å²) < 4.78 is 5.69. The molecular formula is C13H18N6O. The van der Waals surface area contributed by atoms with Gasteiger partial charge in [0.1, 0.15) is 18.2 Å². The predicted molar refractivity (Wildman–Crippen MR) is 76.4 cm³/mol. The maximum Gasteiger partial charge on any atom is 0.228 e. The molecule has 0 aliphatic rings. The van der Waals surface area contributed by atoms with Crippen LogP contribution in [-0.2, 0) is 0 Å². The molecule has 0 radical (unpaired) electrons. The molecule has 7 nitrogen and oxygen atoms in total. The fourth-order valence-electron chi connectivity index (χ4n) is 1.64. The van der Waals surface area contributed by atoms with E-state index in [-0.39, 0.29) is 12.0 Å². The van der Waals surface area contributed by atoms with Crippen LogP contribution in [-0.4, -0.2) is 32.6 Å². The fraction of sp³-hybridized carbons (Fsp3) is 0.385. The Bertz CT molecular complexity index is 528. The number of nitrogens with two attached hydrogens (primary N) is 1. The van der Waals surface area contributed by atoms with Crippen molar-refractivity contribution in [3.63, 3.8) is 0 Å². The van der Waals surface area contributed by atoms with Gasteiger partial charge >= 0.3 is 0 Å². The average Bonchev–Trinajstić information content (AvgIpc) is 2.43. The van der Waals surface area contributed by atoms with Crippen LogP contribution in [0.4, 0.5) is 11.9 Å². The molecule has 2 rings (SSSR count). The Morgan fingerprint density at radius 1 is 1.25 bits per heavy atom. The first kappa shape index (κ1) is 14.0. The molecule has 1 unspecified atom stereocenters. The van der Waals surface area contributed by atoms with Crippen LogP contribution in [0.2, 0.25) is 0 Å². The standard InChI is InChI=1S/C13H18N6O/c1-3-10(8-20-11-4-6-15-7-5-11)18-13-17-9(2)16-12(14)19-13/h4-7,10H,3,8H2,1-2H3,(H3,14,16,17,18,19). The zero-order valence-electron chi connectivity index (χ0n) is 11.6.